The Kier molecular flexibility index (Phi) is 4.60. The lowest BCUT2D eigenvalue weighted by Gasteiger charge is -2.09. The van der Waals surface area contributed by atoms with E-state index in [2.05, 4.69) is 57.1 Å². The summed E-state index contributed by atoms with van der Waals surface area (Å²) in [5.74, 6) is 0. The van der Waals surface area contributed by atoms with Crippen molar-refractivity contribution in [2.24, 2.45) is 0 Å². The smallest absolute Gasteiger partial charge is 0.0702 e. The summed E-state index contributed by atoms with van der Waals surface area (Å²) in [5.41, 5.74) is 1.23. The van der Waals surface area contributed by atoms with Crippen LogP contribution in [-0.2, 0) is 0 Å². The molecular formula is C8H10INS2. The fourth-order valence-electron chi connectivity index (χ4n) is 0.944. The summed E-state index contributed by atoms with van der Waals surface area (Å²) >= 11 is 5.71. The van der Waals surface area contributed by atoms with Crippen LogP contribution < -0.4 is 3.53 Å². The highest BCUT2D eigenvalue weighted by atomic mass is 127. The third-order valence-corrected chi connectivity index (χ3v) is 3.62. The van der Waals surface area contributed by atoms with Gasteiger partial charge in [0.2, 0.25) is 0 Å². The first-order valence-corrected chi connectivity index (χ1v) is 6.94. The van der Waals surface area contributed by atoms with Crippen LogP contribution in [0.2, 0.25) is 0 Å². The summed E-state index contributed by atoms with van der Waals surface area (Å²) in [7, 11) is 0. The molecule has 12 heavy (non-hydrogen) atoms. The second-order valence-electron chi connectivity index (χ2n) is 2.13. The van der Waals surface area contributed by atoms with Crippen molar-refractivity contribution in [3.8, 4) is 0 Å². The van der Waals surface area contributed by atoms with Gasteiger partial charge in [-0.15, -0.1) is 23.5 Å². The normalized spacial score (nSPS) is 9.92. The number of hydrogen-bond acceptors (Lipinski definition) is 3. The molecule has 66 valence electrons. The average Bonchev–Trinajstić information content (AvgIpc) is 2.16. The van der Waals surface area contributed by atoms with Crippen LogP contribution in [-0.4, -0.2) is 12.5 Å². The maximum atomic E-state index is 3.19. The van der Waals surface area contributed by atoms with Gasteiger partial charge in [0.25, 0.3) is 0 Å². The largest absolute Gasteiger partial charge is 0.326 e. The van der Waals surface area contributed by atoms with Gasteiger partial charge in [0, 0.05) is 9.79 Å². The number of nitrogens with one attached hydrogen (secondary N) is 1. The lowest BCUT2D eigenvalue weighted by molar-refractivity contribution is 1.35. The van der Waals surface area contributed by atoms with Crippen molar-refractivity contribution in [1.29, 1.82) is 0 Å². The molecule has 1 aromatic rings. The van der Waals surface area contributed by atoms with E-state index in [1.165, 1.54) is 15.5 Å². The van der Waals surface area contributed by atoms with Crippen molar-refractivity contribution >= 4 is 52.1 Å². The van der Waals surface area contributed by atoms with E-state index < -0.39 is 0 Å². The van der Waals surface area contributed by atoms with E-state index in [0.717, 1.165) is 0 Å². The van der Waals surface area contributed by atoms with Gasteiger partial charge in [0.1, 0.15) is 0 Å². The van der Waals surface area contributed by atoms with E-state index in [-0.39, 0.29) is 0 Å². The van der Waals surface area contributed by atoms with Gasteiger partial charge in [-0.1, -0.05) is 6.07 Å². The molecule has 1 rings (SSSR count). The number of rotatable bonds is 3. The zero-order valence-corrected chi connectivity index (χ0v) is 10.7. The molecule has 0 bridgehead atoms. The van der Waals surface area contributed by atoms with Gasteiger partial charge in [-0.25, -0.2) is 0 Å². The number of benzene rings is 1. The van der Waals surface area contributed by atoms with Crippen molar-refractivity contribution in [3.05, 3.63) is 18.2 Å². The van der Waals surface area contributed by atoms with Crippen molar-refractivity contribution in [3.63, 3.8) is 0 Å². The first-order chi connectivity index (χ1) is 5.83. The predicted octanol–water partition coefficient (Wildman–Crippen LogP) is 3.89. The van der Waals surface area contributed by atoms with Crippen molar-refractivity contribution < 1.29 is 0 Å². The Balaban J connectivity index is 3.13. The molecule has 0 aromatic heterocycles. The highest BCUT2D eigenvalue weighted by molar-refractivity contribution is 14.1. The molecule has 0 aliphatic heterocycles. The van der Waals surface area contributed by atoms with E-state index in [4.69, 9.17) is 0 Å². The molecule has 1 nitrogen and oxygen atoms in total. The summed E-state index contributed by atoms with van der Waals surface area (Å²) in [6.45, 7) is 0. The van der Waals surface area contributed by atoms with Gasteiger partial charge < -0.3 is 3.53 Å². The number of hydrogen-bond donors (Lipinski definition) is 1. The van der Waals surface area contributed by atoms with Crippen LogP contribution in [0.1, 0.15) is 0 Å². The molecule has 0 radical (unpaired) electrons. The second-order valence-corrected chi connectivity index (χ2v) is 4.37. The van der Waals surface area contributed by atoms with Crippen LogP contribution in [0.4, 0.5) is 5.69 Å². The Hall–Kier alpha value is 0.450. The van der Waals surface area contributed by atoms with E-state index in [9.17, 15) is 0 Å². The molecule has 0 fully saturated rings. The summed E-state index contributed by atoms with van der Waals surface area (Å²) < 4.78 is 3.19. The first kappa shape index (κ1) is 10.5. The SMILES string of the molecule is CSc1cccc(SC)c1NI. The lowest BCUT2D eigenvalue weighted by atomic mass is 10.3. The Bertz CT molecular complexity index is 243. The van der Waals surface area contributed by atoms with Gasteiger partial charge in [0.05, 0.1) is 28.6 Å². The summed E-state index contributed by atoms with van der Waals surface area (Å²) in [4.78, 5) is 2.60. The van der Waals surface area contributed by atoms with Crippen LogP contribution in [0.25, 0.3) is 0 Å². The van der Waals surface area contributed by atoms with Crippen molar-refractivity contribution in [1.82, 2.24) is 0 Å². The lowest BCUT2D eigenvalue weighted by Crippen LogP contribution is -1.86. The van der Waals surface area contributed by atoms with Gasteiger partial charge in [-0.3, -0.25) is 0 Å². The second kappa shape index (κ2) is 5.24. The zero-order chi connectivity index (χ0) is 8.97. The highest BCUT2D eigenvalue weighted by Crippen LogP contribution is 2.34. The number of thioether (sulfide) groups is 2. The van der Waals surface area contributed by atoms with Crippen LogP contribution in [0, 0.1) is 0 Å². The molecule has 0 aliphatic carbocycles. The molecule has 0 aliphatic rings. The molecule has 0 spiro atoms. The molecule has 0 saturated carbocycles. The van der Waals surface area contributed by atoms with Crippen molar-refractivity contribution in [2.75, 3.05) is 16.0 Å². The van der Waals surface area contributed by atoms with Gasteiger partial charge >= 0.3 is 0 Å². The number of halogens is 1. The molecule has 0 atom stereocenters. The molecule has 0 heterocycles. The predicted molar refractivity (Wildman–Crippen MR) is 67.6 cm³/mol. The summed E-state index contributed by atoms with van der Waals surface area (Å²) in [6, 6.07) is 6.35. The monoisotopic (exact) mass is 311 g/mol. The van der Waals surface area contributed by atoms with E-state index in [1.54, 1.807) is 23.5 Å². The summed E-state index contributed by atoms with van der Waals surface area (Å²) in [5, 5.41) is 0. The quantitative estimate of drug-likeness (QED) is 0.517. The number of para-hydroxylation sites is 1. The zero-order valence-electron chi connectivity index (χ0n) is 6.93. The fraction of sp³-hybridized carbons (Fsp3) is 0.250. The first-order valence-electron chi connectivity index (χ1n) is 3.41. The molecule has 1 aromatic carbocycles. The molecule has 1 N–H and O–H groups in total. The van der Waals surface area contributed by atoms with Crippen LogP contribution in [0.3, 0.4) is 0 Å². The van der Waals surface area contributed by atoms with Crippen molar-refractivity contribution in [2.45, 2.75) is 9.79 Å². The Morgan fingerprint density at radius 2 is 1.67 bits per heavy atom. The maximum absolute atomic E-state index is 3.19. The van der Waals surface area contributed by atoms with E-state index in [1.807, 2.05) is 0 Å². The molecular weight excluding hydrogens is 301 g/mol. The Morgan fingerprint density at radius 3 is 2.00 bits per heavy atom. The van der Waals surface area contributed by atoms with E-state index in [0.29, 0.717) is 0 Å². The van der Waals surface area contributed by atoms with Gasteiger partial charge in [-0.05, 0) is 24.6 Å². The Morgan fingerprint density at radius 1 is 1.17 bits per heavy atom. The Labute approximate surface area is 95.6 Å². The van der Waals surface area contributed by atoms with Gasteiger partial charge in [-0.2, -0.15) is 0 Å². The maximum Gasteiger partial charge on any atom is 0.0702 e. The number of anilines is 1. The average molecular weight is 311 g/mol. The molecule has 0 saturated heterocycles. The topological polar surface area (TPSA) is 12.0 Å². The summed E-state index contributed by atoms with van der Waals surface area (Å²) in [6.07, 6.45) is 4.19. The van der Waals surface area contributed by atoms with Crippen LogP contribution in [0.15, 0.2) is 28.0 Å². The standard InChI is InChI=1S/C8H10INS2/c1-11-6-4-3-5-7(12-2)8(6)10-9/h3-5,10H,1-2H3. The minimum atomic E-state index is 1.23. The highest BCUT2D eigenvalue weighted by Gasteiger charge is 2.04. The molecule has 0 amide bonds. The van der Waals surface area contributed by atoms with E-state index >= 15 is 0 Å². The minimum Gasteiger partial charge on any atom is -0.326 e. The van der Waals surface area contributed by atoms with Crippen LogP contribution in [0.5, 0.6) is 0 Å². The molecule has 0 unspecified atom stereocenters. The molecule has 4 heteroatoms. The third kappa shape index (κ3) is 2.23. The third-order valence-electron chi connectivity index (χ3n) is 1.52. The van der Waals surface area contributed by atoms with Crippen LogP contribution >= 0.6 is 46.4 Å². The minimum absolute atomic E-state index is 1.23. The van der Waals surface area contributed by atoms with Gasteiger partial charge in [0.15, 0.2) is 0 Å². The fourth-order valence-corrected chi connectivity index (χ4v) is 3.12.